The smallest absolute Gasteiger partial charge is 0.251 e. The van der Waals surface area contributed by atoms with E-state index in [9.17, 15) is 9.90 Å². The Bertz CT molecular complexity index is 442. The first-order valence-corrected chi connectivity index (χ1v) is 5.78. The van der Waals surface area contributed by atoms with Crippen molar-refractivity contribution in [1.82, 2.24) is 10.2 Å². The Balaban J connectivity index is 2.69. The Morgan fingerprint density at radius 3 is 2.56 bits per heavy atom. The Kier molecular flexibility index (Phi) is 4.19. The fourth-order valence-corrected chi connectivity index (χ4v) is 1.24. The monoisotopic (exact) mass is 251 g/mol. The molecule has 0 saturated heterocycles. The number of nitrogen functional groups attached to an aromatic ring is 1. The summed E-state index contributed by atoms with van der Waals surface area (Å²) in [5, 5.41) is 12.3. The topological polar surface area (TPSA) is 78.6 Å². The zero-order chi connectivity index (χ0) is 13.9. The van der Waals surface area contributed by atoms with Gasteiger partial charge in [-0.3, -0.25) is 4.79 Å². The molecule has 0 radical (unpaired) electrons. The lowest BCUT2D eigenvalue weighted by Crippen LogP contribution is -2.48. The number of aromatic hydroxyl groups is 1. The third-order valence-electron chi connectivity index (χ3n) is 3.18. The second-order valence-electron chi connectivity index (χ2n) is 5.16. The molecule has 1 aromatic carbocycles. The summed E-state index contributed by atoms with van der Waals surface area (Å²) in [5.41, 5.74) is 6.01. The number of phenolic OH excluding ortho intramolecular Hbond substituents is 1. The van der Waals surface area contributed by atoms with Crippen LogP contribution in [0.5, 0.6) is 5.75 Å². The van der Waals surface area contributed by atoms with E-state index in [4.69, 9.17) is 5.73 Å². The number of nitrogens with zero attached hydrogens (tertiary/aromatic N) is 1. The van der Waals surface area contributed by atoms with Gasteiger partial charge in [0.15, 0.2) is 0 Å². The molecule has 0 unspecified atom stereocenters. The number of phenols is 1. The molecule has 0 bridgehead atoms. The summed E-state index contributed by atoms with van der Waals surface area (Å²) in [6.07, 6.45) is 0. The first kappa shape index (κ1) is 14.3. The molecule has 0 aliphatic heterocycles. The van der Waals surface area contributed by atoms with Gasteiger partial charge in [-0.05, 0) is 46.1 Å². The number of benzene rings is 1. The summed E-state index contributed by atoms with van der Waals surface area (Å²) in [7, 11) is 3.92. The Hall–Kier alpha value is -1.75. The number of carbonyl (C=O) groups is 1. The van der Waals surface area contributed by atoms with E-state index in [0.717, 1.165) is 0 Å². The molecular formula is C13H21N3O2. The Labute approximate surface area is 108 Å². The molecule has 0 aromatic heterocycles. The maximum absolute atomic E-state index is 11.9. The lowest BCUT2D eigenvalue weighted by Gasteiger charge is -2.32. The molecular weight excluding hydrogens is 230 g/mol. The van der Waals surface area contributed by atoms with Gasteiger partial charge in [0.25, 0.3) is 5.91 Å². The number of nitrogens with two attached hydrogens (primary N) is 1. The van der Waals surface area contributed by atoms with Crippen LogP contribution in [0.4, 0.5) is 5.69 Å². The van der Waals surface area contributed by atoms with Crippen molar-refractivity contribution in [3.8, 4) is 5.75 Å². The molecule has 5 heteroatoms. The molecule has 100 valence electrons. The van der Waals surface area contributed by atoms with Gasteiger partial charge >= 0.3 is 0 Å². The average molecular weight is 251 g/mol. The summed E-state index contributed by atoms with van der Waals surface area (Å²) in [4.78, 5) is 13.9. The van der Waals surface area contributed by atoms with Crippen molar-refractivity contribution in [1.29, 1.82) is 0 Å². The predicted octanol–water partition coefficient (Wildman–Crippen LogP) is 1.04. The van der Waals surface area contributed by atoms with Gasteiger partial charge in [0.2, 0.25) is 0 Å². The number of rotatable bonds is 4. The highest BCUT2D eigenvalue weighted by atomic mass is 16.3. The van der Waals surface area contributed by atoms with Gasteiger partial charge in [0.1, 0.15) is 5.75 Å². The highest BCUT2D eigenvalue weighted by Gasteiger charge is 2.21. The first-order valence-electron chi connectivity index (χ1n) is 5.78. The summed E-state index contributed by atoms with van der Waals surface area (Å²) >= 11 is 0. The normalized spacial score (nSPS) is 11.6. The lowest BCUT2D eigenvalue weighted by molar-refractivity contribution is 0.0919. The molecule has 0 aliphatic rings. The van der Waals surface area contributed by atoms with E-state index in [0.29, 0.717) is 12.1 Å². The van der Waals surface area contributed by atoms with Gasteiger partial charge in [0, 0.05) is 17.6 Å². The van der Waals surface area contributed by atoms with Crippen LogP contribution in [0.2, 0.25) is 0 Å². The van der Waals surface area contributed by atoms with E-state index < -0.39 is 0 Å². The minimum absolute atomic E-state index is 0.0745. The third-order valence-corrected chi connectivity index (χ3v) is 3.18. The summed E-state index contributed by atoms with van der Waals surface area (Å²) < 4.78 is 0. The van der Waals surface area contributed by atoms with Crippen molar-refractivity contribution in [2.24, 2.45) is 0 Å². The third kappa shape index (κ3) is 3.37. The SMILES string of the molecule is CN(C)C(C)(C)CNC(=O)c1ccc(N)c(O)c1. The fourth-order valence-electron chi connectivity index (χ4n) is 1.24. The highest BCUT2D eigenvalue weighted by molar-refractivity contribution is 5.95. The maximum Gasteiger partial charge on any atom is 0.251 e. The van der Waals surface area contributed by atoms with Crippen molar-refractivity contribution >= 4 is 11.6 Å². The minimum Gasteiger partial charge on any atom is -0.506 e. The van der Waals surface area contributed by atoms with E-state index >= 15 is 0 Å². The minimum atomic E-state index is -0.222. The molecule has 1 aromatic rings. The van der Waals surface area contributed by atoms with Crippen LogP contribution in [-0.2, 0) is 0 Å². The standard InChI is InChI=1S/C13H21N3O2/c1-13(2,16(3)4)8-15-12(18)9-5-6-10(14)11(17)7-9/h5-7,17H,8,14H2,1-4H3,(H,15,18). The number of hydrogen-bond acceptors (Lipinski definition) is 4. The molecule has 18 heavy (non-hydrogen) atoms. The van der Waals surface area contributed by atoms with Crippen LogP contribution < -0.4 is 11.1 Å². The number of carbonyl (C=O) groups excluding carboxylic acids is 1. The lowest BCUT2D eigenvalue weighted by atomic mass is 10.0. The predicted molar refractivity (Wildman–Crippen MR) is 72.6 cm³/mol. The van der Waals surface area contributed by atoms with Crippen LogP contribution in [0.15, 0.2) is 18.2 Å². The number of anilines is 1. The highest BCUT2D eigenvalue weighted by Crippen LogP contribution is 2.20. The molecule has 0 atom stereocenters. The zero-order valence-electron chi connectivity index (χ0n) is 11.3. The second kappa shape index (κ2) is 5.27. The molecule has 0 fully saturated rings. The fraction of sp³-hybridized carbons (Fsp3) is 0.462. The number of likely N-dealkylation sites (N-methyl/N-ethyl adjacent to an activating group) is 1. The first-order chi connectivity index (χ1) is 8.24. The Morgan fingerprint density at radius 1 is 1.44 bits per heavy atom. The Morgan fingerprint density at radius 2 is 2.06 bits per heavy atom. The molecule has 1 amide bonds. The van der Waals surface area contributed by atoms with E-state index in [1.807, 2.05) is 32.8 Å². The molecule has 0 aliphatic carbocycles. The van der Waals surface area contributed by atoms with Gasteiger partial charge in [-0.1, -0.05) is 0 Å². The summed E-state index contributed by atoms with van der Waals surface area (Å²) in [6, 6.07) is 4.47. The van der Waals surface area contributed by atoms with E-state index in [-0.39, 0.29) is 22.9 Å². The molecule has 0 spiro atoms. The number of hydrogen-bond donors (Lipinski definition) is 3. The van der Waals surface area contributed by atoms with Crippen LogP contribution >= 0.6 is 0 Å². The van der Waals surface area contributed by atoms with Crippen LogP contribution in [0.1, 0.15) is 24.2 Å². The van der Waals surface area contributed by atoms with Gasteiger partial charge < -0.3 is 21.1 Å². The van der Waals surface area contributed by atoms with Gasteiger partial charge in [-0.25, -0.2) is 0 Å². The molecule has 5 nitrogen and oxygen atoms in total. The van der Waals surface area contributed by atoms with Crippen LogP contribution in [0, 0.1) is 0 Å². The quantitative estimate of drug-likeness (QED) is 0.552. The van der Waals surface area contributed by atoms with E-state index in [1.54, 1.807) is 6.07 Å². The average Bonchev–Trinajstić information content (AvgIpc) is 2.29. The summed E-state index contributed by atoms with van der Waals surface area (Å²) in [6.45, 7) is 4.59. The molecule has 1 rings (SSSR count). The molecule has 0 heterocycles. The van der Waals surface area contributed by atoms with Crippen molar-refractivity contribution in [3.63, 3.8) is 0 Å². The van der Waals surface area contributed by atoms with Crippen molar-refractivity contribution in [3.05, 3.63) is 23.8 Å². The van der Waals surface area contributed by atoms with Crippen LogP contribution in [-0.4, -0.2) is 42.1 Å². The largest absolute Gasteiger partial charge is 0.506 e. The van der Waals surface area contributed by atoms with Crippen LogP contribution in [0.3, 0.4) is 0 Å². The van der Waals surface area contributed by atoms with Gasteiger partial charge in [-0.2, -0.15) is 0 Å². The number of amides is 1. The van der Waals surface area contributed by atoms with E-state index in [2.05, 4.69) is 5.32 Å². The maximum atomic E-state index is 11.9. The van der Waals surface area contributed by atoms with E-state index in [1.165, 1.54) is 12.1 Å². The van der Waals surface area contributed by atoms with Gasteiger partial charge in [0.05, 0.1) is 5.69 Å². The van der Waals surface area contributed by atoms with Crippen LogP contribution in [0.25, 0.3) is 0 Å². The number of nitrogens with one attached hydrogen (secondary N) is 1. The van der Waals surface area contributed by atoms with Crippen molar-refractivity contribution < 1.29 is 9.90 Å². The molecule has 0 saturated carbocycles. The zero-order valence-corrected chi connectivity index (χ0v) is 11.3. The van der Waals surface area contributed by atoms with Crippen molar-refractivity contribution in [2.45, 2.75) is 19.4 Å². The summed E-state index contributed by atoms with van der Waals surface area (Å²) in [5.74, 6) is -0.297. The second-order valence-corrected chi connectivity index (χ2v) is 5.16. The van der Waals surface area contributed by atoms with Crippen molar-refractivity contribution in [2.75, 3.05) is 26.4 Å². The molecule has 4 N–H and O–H groups in total. The van der Waals surface area contributed by atoms with Gasteiger partial charge in [-0.15, -0.1) is 0 Å².